The van der Waals surface area contributed by atoms with Crippen LogP contribution in [0.5, 0.6) is 5.75 Å². The lowest BCUT2D eigenvalue weighted by atomic mass is 10.1. The van der Waals surface area contributed by atoms with Gasteiger partial charge in [0.05, 0.1) is 13.7 Å². The third-order valence-electron chi connectivity index (χ3n) is 4.65. The van der Waals surface area contributed by atoms with E-state index in [4.69, 9.17) is 9.26 Å². The zero-order chi connectivity index (χ0) is 20.6. The lowest BCUT2D eigenvalue weighted by molar-refractivity contribution is -0.132. The second-order valence-corrected chi connectivity index (χ2v) is 6.89. The number of hydrogen-bond donors (Lipinski definition) is 0. The van der Waals surface area contributed by atoms with Crippen LogP contribution in [0.3, 0.4) is 0 Å². The van der Waals surface area contributed by atoms with Crippen LogP contribution in [-0.2, 0) is 17.9 Å². The van der Waals surface area contributed by atoms with Gasteiger partial charge >= 0.3 is 0 Å². The molecule has 0 saturated heterocycles. The monoisotopic (exact) mass is 396 g/mol. The molecule has 0 radical (unpaired) electrons. The Morgan fingerprint density at radius 2 is 1.93 bits per heavy atom. The van der Waals surface area contributed by atoms with Gasteiger partial charge < -0.3 is 14.2 Å². The minimum atomic E-state index is -0.294. The fourth-order valence-corrected chi connectivity index (χ4v) is 3.02. The number of benzene rings is 2. The predicted octanol–water partition coefficient (Wildman–Crippen LogP) is 5.21. The van der Waals surface area contributed by atoms with Crippen LogP contribution in [-0.4, -0.2) is 23.1 Å². The van der Waals surface area contributed by atoms with Crippen LogP contribution in [0, 0.1) is 5.82 Å². The first-order valence-electron chi connectivity index (χ1n) is 9.71. The molecular formula is C23H25FN2O3. The number of amides is 1. The number of rotatable bonds is 9. The molecule has 0 aliphatic rings. The molecule has 0 aliphatic heterocycles. The molecule has 2 aromatic carbocycles. The Morgan fingerprint density at radius 3 is 2.66 bits per heavy atom. The number of hydrogen-bond acceptors (Lipinski definition) is 4. The van der Waals surface area contributed by atoms with E-state index in [0.29, 0.717) is 31.0 Å². The molecule has 0 N–H and O–H groups in total. The summed E-state index contributed by atoms with van der Waals surface area (Å²) in [4.78, 5) is 14.4. The number of carbonyl (C=O) groups is 1. The lowest BCUT2D eigenvalue weighted by Crippen LogP contribution is -2.30. The average Bonchev–Trinajstić information content (AvgIpc) is 3.21. The highest BCUT2D eigenvalue weighted by atomic mass is 19.1. The number of halogens is 1. The van der Waals surface area contributed by atoms with Crippen molar-refractivity contribution in [3.8, 4) is 17.1 Å². The van der Waals surface area contributed by atoms with E-state index in [1.54, 1.807) is 24.1 Å². The maximum atomic E-state index is 13.2. The summed E-state index contributed by atoms with van der Waals surface area (Å²) in [5.41, 5.74) is 2.38. The Morgan fingerprint density at radius 1 is 1.14 bits per heavy atom. The molecule has 1 heterocycles. The van der Waals surface area contributed by atoms with Crippen molar-refractivity contribution in [2.75, 3.05) is 7.11 Å². The normalized spacial score (nSPS) is 10.7. The van der Waals surface area contributed by atoms with Crippen molar-refractivity contribution in [2.45, 2.75) is 39.3 Å². The van der Waals surface area contributed by atoms with Crippen molar-refractivity contribution in [2.24, 2.45) is 0 Å². The highest BCUT2D eigenvalue weighted by molar-refractivity contribution is 5.76. The van der Waals surface area contributed by atoms with Gasteiger partial charge in [-0.3, -0.25) is 4.79 Å². The van der Waals surface area contributed by atoms with Crippen molar-refractivity contribution in [1.82, 2.24) is 10.1 Å². The third kappa shape index (κ3) is 5.67. The number of methoxy groups -OCH3 is 1. The molecule has 0 saturated carbocycles. The molecule has 6 heteroatoms. The Kier molecular flexibility index (Phi) is 7.00. The van der Waals surface area contributed by atoms with Gasteiger partial charge in [0.2, 0.25) is 5.91 Å². The highest BCUT2D eigenvalue weighted by Crippen LogP contribution is 2.25. The molecule has 0 unspecified atom stereocenters. The average molecular weight is 396 g/mol. The molecule has 0 fully saturated rings. The van der Waals surface area contributed by atoms with E-state index in [1.165, 1.54) is 12.1 Å². The van der Waals surface area contributed by atoms with Crippen molar-refractivity contribution in [1.29, 1.82) is 0 Å². The Bertz CT molecular complexity index is 937. The van der Waals surface area contributed by atoms with Crippen LogP contribution in [0.4, 0.5) is 4.39 Å². The Labute approximate surface area is 170 Å². The van der Waals surface area contributed by atoms with Crippen LogP contribution in [0.15, 0.2) is 59.1 Å². The van der Waals surface area contributed by atoms with E-state index in [9.17, 15) is 9.18 Å². The third-order valence-corrected chi connectivity index (χ3v) is 4.65. The zero-order valence-corrected chi connectivity index (χ0v) is 16.7. The van der Waals surface area contributed by atoms with E-state index < -0.39 is 0 Å². The summed E-state index contributed by atoms with van der Waals surface area (Å²) in [6.45, 7) is 2.77. The van der Waals surface area contributed by atoms with Crippen LogP contribution < -0.4 is 4.74 Å². The number of aromatic nitrogens is 1. The summed E-state index contributed by atoms with van der Waals surface area (Å²) in [6.07, 6.45) is 2.24. The van der Waals surface area contributed by atoms with Gasteiger partial charge in [0.25, 0.3) is 0 Å². The number of unbranched alkanes of at least 4 members (excludes halogenated alkanes) is 1. The zero-order valence-electron chi connectivity index (χ0n) is 16.7. The minimum absolute atomic E-state index is 0.0436. The van der Waals surface area contributed by atoms with E-state index in [2.05, 4.69) is 12.1 Å². The number of carbonyl (C=O) groups excluding carboxylic acids is 1. The number of ether oxygens (including phenoxy) is 1. The first-order valence-corrected chi connectivity index (χ1v) is 9.71. The van der Waals surface area contributed by atoms with E-state index in [-0.39, 0.29) is 11.7 Å². The largest absolute Gasteiger partial charge is 0.497 e. The van der Waals surface area contributed by atoms with Crippen molar-refractivity contribution in [3.05, 3.63) is 71.7 Å². The van der Waals surface area contributed by atoms with Gasteiger partial charge in [-0.2, -0.15) is 0 Å². The van der Waals surface area contributed by atoms with Gasteiger partial charge in [0.1, 0.15) is 17.3 Å². The molecule has 3 aromatic rings. The Hall–Kier alpha value is -3.15. The van der Waals surface area contributed by atoms with Crippen LogP contribution in [0.1, 0.15) is 37.4 Å². The van der Waals surface area contributed by atoms with Gasteiger partial charge in [-0.05, 0) is 36.2 Å². The van der Waals surface area contributed by atoms with Gasteiger partial charge in [-0.1, -0.05) is 42.8 Å². The van der Waals surface area contributed by atoms with Gasteiger partial charge in [-0.25, -0.2) is 4.39 Å². The van der Waals surface area contributed by atoms with Crippen LogP contribution in [0.2, 0.25) is 0 Å². The molecule has 1 aromatic heterocycles. The molecule has 29 heavy (non-hydrogen) atoms. The summed E-state index contributed by atoms with van der Waals surface area (Å²) >= 11 is 0. The second-order valence-electron chi connectivity index (χ2n) is 6.89. The van der Waals surface area contributed by atoms with E-state index in [1.807, 2.05) is 30.3 Å². The first kappa shape index (κ1) is 20.6. The fraction of sp³-hybridized carbons (Fsp3) is 0.304. The SMILES string of the molecule is CCCCC(=O)N(Cc1ccc(F)cc1)Cc1cc(-c2cccc(OC)c2)on1. The maximum absolute atomic E-state index is 13.2. The molecule has 0 atom stereocenters. The van der Waals surface area contributed by atoms with E-state index >= 15 is 0 Å². The minimum Gasteiger partial charge on any atom is -0.497 e. The van der Waals surface area contributed by atoms with Crippen LogP contribution in [0.25, 0.3) is 11.3 Å². The summed E-state index contributed by atoms with van der Waals surface area (Å²) in [5.74, 6) is 1.09. The predicted molar refractivity (Wildman–Crippen MR) is 109 cm³/mol. The van der Waals surface area contributed by atoms with Crippen molar-refractivity contribution < 1.29 is 18.4 Å². The topological polar surface area (TPSA) is 55.6 Å². The van der Waals surface area contributed by atoms with Crippen molar-refractivity contribution in [3.63, 3.8) is 0 Å². The lowest BCUT2D eigenvalue weighted by Gasteiger charge is -2.22. The molecule has 0 spiro atoms. The summed E-state index contributed by atoms with van der Waals surface area (Å²) in [7, 11) is 1.61. The molecule has 3 rings (SSSR count). The van der Waals surface area contributed by atoms with Crippen molar-refractivity contribution >= 4 is 5.91 Å². The fourth-order valence-electron chi connectivity index (χ4n) is 3.02. The van der Waals surface area contributed by atoms with E-state index in [0.717, 1.165) is 29.7 Å². The molecule has 5 nitrogen and oxygen atoms in total. The summed E-state index contributed by atoms with van der Waals surface area (Å²) in [5, 5.41) is 4.14. The second kappa shape index (κ2) is 9.87. The summed E-state index contributed by atoms with van der Waals surface area (Å²) < 4.78 is 23.9. The highest BCUT2D eigenvalue weighted by Gasteiger charge is 2.17. The molecule has 1 amide bonds. The van der Waals surface area contributed by atoms with Gasteiger partial charge in [-0.15, -0.1) is 0 Å². The quantitative estimate of drug-likeness (QED) is 0.498. The number of nitrogens with zero attached hydrogens (tertiary/aromatic N) is 2. The van der Waals surface area contributed by atoms with Crippen LogP contribution >= 0.6 is 0 Å². The standard InChI is InChI=1S/C23H25FN2O3/c1-3-4-8-23(27)26(15-17-9-11-19(24)12-10-17)16-20-14-22(29-25-20)18-6-5-7-21(13-18)28-2/h5-7,9-14H,3-4,8,15-16H2,1-2H3. The molecule has 152 valence electrons. The van der Waals surface area contributed by atoms with Gasteiger partial charge in [0, 0.05) is 24.6 Å². The maximum Gasteiger partial charge on any atom is 0.223 e. The molecular weight excluding hydrogens is 371 g/mol. The summed E-state index contributed by atoms with van der Waals surface area (Å²) in [6, 6.07) is 15.5. The first-order chi connectivity index (χ1) is 14.1. The Balaban J connectivity index is 1.77. The molecule has 0 bridgehead atoms. The molecule has 0 aliphatic carbocycles. The van der Waals surface area contributed by atoms with Gasteiger partial charge in [0.15, 0.2) is 5.76 Å². The smallest absolute Gasteiger partial charge is 0.223 e.